The van der Waals surface area contributed by atoms with Gasteiger partial charge in [-0.05, 0) is 18.1 Å². The van der Waals surface area contributed by atoms with E-state index in [1.165, 1.54) is 4.90 Å². The number of carbonyl (C=O) groups is 1. The molecule has 2 aromatic rings. The van der Waals surface area contributed by atoms with Crippen LogP contribution in [0.1, 0.15) is 23.6 Å². The molecule has 2 N–H and O–H groups in total. The Bertz CT molecular complexity index is 898. The van der Waals surface area contributed by atoms with Gasteiger partial charge in [0.05, 0.1) is 6.54 Å². The van der Waals surface area contributed by atoms with Gasteiger partial charge in [0.25, 0.3) is 0 Å². The minimum atomic E-state index is -1.28. The molecule has 0 bridgehead atoms. The maximum Gasteiger partial charge on any atom is 0.224 e. The van der Waals surface area contributed by atoms with Gasteiger partial charge in [0.2, 0.25) is 5.91 Å². The molecule has 0 fully saturated rings. The predicted octanol–water partition coefficient (Wildman–Crippen LogP) is 1.94. The fourth-order valence-corrected chi connectivity index (χ4v) is 3.00. The number of hydrogen-bond donors (Lipinski definition) is 1. The Labute approximate surface area is 152 Å². The van der Waals surface area contributed by atoms with E-state index in [9.17, 15) is 22.4 Å². The summed E-state index contributed by atoms with van der Waals surface area (Å²) in [4.78, 5) is 13.9. The van der Waals surface area contributed by atoms with Crippen molar-refractivity contribution < 1.29 is 22.4 Å². The molecule has 27 heavy (non-hydrogen) atoms. The van der Waals surface area contributed by atoms with Crippen LogP contribution in [0.3, 0.4) is 0 Å². The number of hydrogen-bond acceptors (Lipinski definition) is 4. The van der Waals surface area contributed by atoms with Gasteiger partial charge < -0.3 is 15.2 Å². The Hall–Kier alpha value is -2.75. The first kappa shape index (κ1) is 19.0. The third-order valence-corrected chi connectivity index (χ3v) is 4.36. The van der Waals surface area contributed by atoms with Crippen molar-refractivity contribution in [2.75, 3.05) is 6.54 Å². The highest BCUT2D eigenvalue weighted by atomic mass is 19.2. The van der Waals surface area contributed by atoms with Crippen molar-refractivity contribution in [3.8, 4) is 0 Å². The number of carbonyl (C=O) groups excluding carboxylic acids is 1. The molecular weight excluding hydrogens is 366 g/mol. The van der Waals surface area contributed by atoms with E-state index in [1.54, 1.807) is 4.57 Å². The molecule has 0 saturated heterocycles. The van der Waals surface area contributed by atoms with Crippen molar-refractivity contribution in [2.24, 2.45) is 5.73 Å². The highest BCUT2D eigenvalue weighted by Crippen LogP contribution is 2.20. The quantitative estimate of drug-likeness (QED) is 0.632. The average molecular weight is 383 g/mol. The van der Waals surface area contributed by atoms with Crippen LogP contribution in [-0.4, -0.2) is 38.2 Å². The summed E-state index contributed by atoms with van der Waals surface area (Å²) < 4.78 is 54.8. The SMILES string of the molecule is C=C(F)c1nnc2n1CCN(C(=O)C[C@H](N)Cc1cc(F)c(F)cc1F)C2. The van der Waals surface area contributed by atoms with E-state index < -0.39 is 29.3 Å². The van der Waals surface area contributed by atoms with Crippen LogP contribution in [0.5, 0.6) is 0 Å². The molecular formula is C17H17F4N5O. The Morgan fingerprint density at radius 3 is 2.59 bits per heavy atom. The second-order valence-corrected chi connectivity index (χ2v) is 6.34. The molecule has 3 rings (SSSR count). The lowest BCUT2D eigenvalue weighted by Crippen LogP contribution is -2.41. The third kappa shape index (κ3) is 4.00. The van der Waals surface area contributed by atoms with Crippen LogP contribution in [0.4, 0.5) is 17.6 Å². The molecule has 1 aromatic carbocycles. The largest absolute Gasteiger partial charge is 0.333 e. The number of rotatable bonds is 5. The topological polar surface area (TPSA) is 77.0 Å². The molecule has 2 heterocycles. The maximum atomic E-state index is 13.7. The van der Waals surface area contributed by atoms with Crippen molar-refractivity contribution in [1.82, 2.24) is 19.7 Å². The number of nitrogens with zero attached hydrogens (tertiary/aromatic N) is 4. The van der Waals surface area contributed by atoms with Crippen LogP contribution in [-0.2, 0) is 24.3 Å². The van der Waals surface area contributed by atoms with Gasteiger partial charge in [-0.1, -0.05) is 6.58 Å². The highest BCUT2D eigenvalue weighted by molar-refractivity contribution is 5.77. The number of halogens is 4. The van der Waals surface area contributed by atoms with E-state index in [4.69, 9.17) is 5.73 Å². The molecule has 0 unspecified atom stereocenters. The maximum absolute atomic E-state index is 13.7. The molecule has 0 aliphatic carbocycles. The van der Waals surface area contributed by atoms with Gasteiger partial charge in [0.15, 0.2) is 29.1 Å². The summed E-state index contributed by atoms with van der Waals surface area (Å²) in [6, 6.07) is 0.411. The van der Waals surface area contributed by atoms with Crippen LogP contribution < -0.4 is 5.73 Å². The summed E-state index contributed by atoms with van der Waals surface area (Å²) in [5.74, 6) is -3.93. The van der Waals surface area contributed by atoms with Crippen LogP contribution in [0.2, 0.25) is 0 Å². The molecule has 1 atom stereocenters. The molecule has 1 amide bonds. The van der Waals surface area contributed by atoms with Crippen molar-refractivity contribution in [3.05, 3.63) is 53.4 Å². The van der Waals surface area contributed by atoms with E-state index in [0.717, 1.165) is 6.07 Å². The van der Waals surface area contributed by atoms with Crippen LogP contribution in [0.25, 0.3) is 5.83 Å². The van der Waals surface area contributed by atoms with Gasteiger partial charge in [0.1, 0.15) is 5.82 Å². The molecule has 144 valence electrons. The summed E-state index contributed by atoms with van der Waals surface area (Å²) in [7, 11) is 0. The van der Waals surface area contributed by atoms with Crippen LogP contribution in [0, 0.1) is 17.5 Å². The van der Waals surface area contributed by atoms with Crippen LogP contribution in [0.15, 0.2) is 18.7 Å². The summed E-state index contributed by atoms with van der Waals surface area (Å²) in [5.41, 5.74) is 5.79. The normalized spacial score (nSPS) is 14.8. The minimum absolute atomic E-state index is 0.0302. The third-order valence-electron chi connectivity index (χ3n) is 4.36. The number of benzene rings is 1. The van der Waals surface area contributed by atoms with E-state index in [0.29, 0.717) is 25.0 Å². The predicted molar refractivity (Wildman–Crippen MR) is 88.2 cm³/mol. The Kier molecular flexibility index (Phi) is 5.26. The molecule has 0 spiro atoms. The lowest BCUT2D eigenvalue weighted by molar-refractivity contribution is -0.133. The fraction of sp³-hybridized carbons (Fsp3) is 0.353. The second kappa shape index (κ2) is 7.47. The van der Waals surface area contributed by atoms with Gasteiger partial charge >= 0.3 is 0 Å². The molecule has 0 radical (unpaired) electrons. The average Bonchev–Trinajstić information content (AvgIpc) is 3.03. The van der Waals surface area contributed by atoms with Gasteiger partial charge in [-0.3, -0.25) is 4.79 Å². The summed E-state index contributed by atoms with van der Waals surface area (Å²) in [6.07, 6.45) is -0.236. The highest BCUT2D eigenvalue weighted by Gasteiger charge is 2.26. The molecule has 0 saturated carbocycles. The monoisotopic (exact) mass is 383 g/mol. The number of nitrogens with two attached hydrogens (primary N) is 1. The number of fused-ring (bicyclic) bond motifs is 1. The van der Waals surface area contributed by atoms with Gasteiger partial charge in [-0.2, -0.15) is 0 Å². The van der Waals surface area contributed by atoms with Crippen molar-refractivity contribution >= 4 is 11.7 Å². The van der Waals surface area contributed by atoms with Crippen LogP contribution >= 0.6 is 0 Å². The van der Waals surface area contributed by atoms with Gasteiger partial charge in [0, 0.05) is 31.6 Å². The summed E-state index contributed by atoms with van der Waals surface area (Å²) in [5, 5.41) is 7.55. The van der Waals surface area contributed by atoms with E-state index in [1.807, 2.05) is 0 Å². The van der Waals surface area contributed by atoms with Crippen molar-refractivity contribution in [2.45, 2.75) is 32.0 Å². The first-order chi connectivity index (χ1) is 12.8. The fourth-order valence-electron chi connectivity index (χ4n) is 3.00. The molecule has 1 aromatic heterocycles. The zero-order valence-electron chi connectivity index (χ0n) is 14.3. The van der Waals surface area contributed by atoms with Crippen molar-refractivity contribution in [1.29, 1.82) is 0 Å². The first-order valence-electron chi connectivity index (χ1n) is 8.20. The zero-order valence-corrected chi connectivity index (χ0v) is 14.3. The van der Waals surface area contributed by atoms with E-state index >= 15 is 0 Å². The number of amides is 1. The Balaban J connectivity index is 1.62. The minimum Gasteiger partial charge on any atom is -0.333 e. The van der Waals surface area contributed by atoms with E-state index in [-0.39, 0.29) is 36.7 Å². The zero-order chi connectivity index (χ0) is 19.7. The Morgan fingerprint density at radius 1 is 1.19 bits per heavy atom. The van der Waals surface area contributed by atoms with Gasteiger partial charge in [-0.25, -0.2) is 17.6 Å². The molecule has 10 heteroatoms. The smallest absolute Gasteiger partial charge is 0.224 e. The summed E-state index contributed by atoms with van der Waals surface area (Å²) >= 11 is 0. The molecule has 6 nitrogen and oxygen atoms in total. The molecule has 1 aliphatic rings. The standard InChI is InChI=1S/C17H17F4N5O/c1-9(18)17-24-23-15-8-25(2-3-26(15)17)16(27)6-11(22)4-10-5-13(20)14(21)7-12(10)19/h5,7,11H,1-4,6,8,22H2/t11-/m1/s1. The van der Waals surface area contributed by atoms with Gasteiger partial charge in [-0.15, -0.1) is 10.2 Å². The summed E-state index contributed by atoms with van der Waals surface area (Å²) in [6.45, 7) is 3.93. The van der Waals surface area contributed by atoms with Crippen molar-refractivity contribution in [3.63, 3.8) is 0 Å². The number of aromatic nitrogens is 3. The molecule has 1 aliphatic heterocycles. The lowest BCUT2D eigenvalue weighted by Gasteiger charge is -2.28. The first-order valence-corrected chi connectivity index (χ1v) is 8.20. The van der Waals surface area contributed by atoms with E-state index in [2.05, 4.69) is 16.8 Å². The second-order valence-electron chi connectivity index (χ2n) is 6.34. The Morgan fingerprint density at radius 2 is 1.89 bits per heavy atom. The lowest BCUT2D eigenvalue weighted by atomic mass is 10.0.